The van der Waals surface area contributed by atoms with Crippen LogP contribution < -0.4 is 0 Å². The average molecular weight is 271 g/mol. The molecule has 1 heterocycles. The zero-order chi connectivity index (χ0) is 12.4. The van der Waals surface area contributed by atoms with Gasteiger partial charge in [0.25, 0.3) is 0 Å². The number of rotatable bonds is 3. The largest absolute Gasteiger partial charge is 0.387 e. The second-order valence-electron chi connectivity index (χ2n) is 3.96. The third kappa shape index (κ3) is 3.06. The molecule has 1 unspecified atom stereocenters. The van der Waals surface area contributed by atoms with Crippen LogP contribution in [0.1, 0.15) is 22.1 Å². The first-order valence-corrected chi connectivity index (χ1v) is 6.49. The van der Waals surface area contributed by atoms with E-state index < -0.39 is 6.10 Å². The highest BCUT2D eigenvalue weighted by atomic mass is 35.5. The maximum Gasteiger partial charge on any atom is 0.123 e. The Balaban J connectivity index is 2.18. The lowest BCUT2D eigenvalue weighted by Crippen LogP contribution is -2.01. The third-order valence-corrected chi connectivity index (χ3v) is 4.02. The predicted molar refractivity (Wildman–Crippen MR) is 69.1 cm³/mol. The van der Waals surface area contributed by atoms with Crippen LogP contribution in [0.25, 0.3) is 0 Å². The van der Waals surface area contributed by atoms with Gasteiger partial charge in [-0.2, -0.15) is 0 Å². The zero-order valence-electron chi connectivity index (χ0n) is 9.28. The molecule has 2 aromatic rings. The van der Waals surface area contributed by atoms with E-state index in [2.05, 4.69) is 0 Å². The second kappa shape index (κ2) is 5.17. The fourth-order valence-electron chi connectivity index (χ4n) is 1.67. The summed E-state index contributed by atoms with van der Waals surface area (Å²) < 4.78 is 13.1. The van der Waals surface area contributed by atoms with Gasteiger partial charge in [0.1, 0.15) is 5.82 Å². The van der Waals surface area contributed by atoms with Crippen molar-refractivity contribution in [1.82, 2.24) is 0 Å². The van der Waals surface area contributed by atoms with E-state index in [0.717, 1.165) is 16.0 Å². The van der Waals surface area contributed by atoms with Crippen molar-refractivity contribution in [2.75, 3.05) is 0 Å². The monoisotopic (exact) mass is 270 g/mol. The standard InChI is InChI=1S/C13H12ClFOS/c1-8-2-3-11(15)4-9(8)5-12(16)13-6-10(14)7-17-13/h2-4,6-7,12,16H,5H2,1H3. The molecule has 0 amide bonds. The Labute approximate surface area is 108 Å². The number of halogens is 2. The molecule has 0 bridgehead atoms. The molecular formula is C13H12ClFOS. The quantitative estimate of drug-likeness (QED) is 0.889. The molecule has 90 valence electrons. The SMILES string of the molecule is Cc1ccc(F)cc1CC(O)c1cc(Cl)cs1. The molecule has 1 N–H and O–H groups in total. The highest BCUT2D eigenvalue weighted by Gasteiger charge is 2.12. The molecule has 2 rings (SSSR count). The van der Waals surface area contributed by atoms with E-state index in [1.807, 2.05) is 6.92 Å². The minimum absolute atomic E-state index is 0.276. The first-order chi connectivity index (χ1) is 8.06. The van der Waals surface area contributed by atoms with Crippen LogP contribution >= 0.6 is 22.9 Å². The Kier molecular flexibility index (Phi) is 3.82. The Morgan fingerprint density at radius 3 is 2.82 bits per heavy atom. The van der Waals surface area contributed by atoms with Crippen LogP contribution in [-0.2, 0) is 6.42 Å². The molecule has 17 heavy (non-hydrogen) atoms. The van der Waals surface area contributed by atoms with Gasteiger partial charge in [-0.05, 0) is 36.2 Å². The molecule has 1 aromatic heterocycles. The van der Waals surface area contributed by atoms with Gasteiger partial charge in [0, 0.05) is 16.7 Å². The Bertz CT molecular complexity index is 524. The van der Waals surface area contributed by atoms with Crippen LogP contribution in [0.5, 0.6) is 0 Å². The van der Waals surface area contributed by atoms with Crippen LogP contribution in [0.15, 0.2) is 29.6 Å². The maximum atomic E-state index is 13.1. The molecule has 0 saturated heterocycles. The molecule has 0 radical (unpaired) electrons. The first-order valence-electron chi connectivity index (χ1n) is 5.23. The molecule has 0 spiro atoms. The summed E-state index contributed by atoms with van der Waals surface area (Å²) in [5.41, 5.74) is 1.80. The highest BCUT2D eigenvalue weighted by molar-refractivity contribution is 7.10. The number of aryl methyl sites for hydroxylation is 1. The number of aliphatic hydroxyl groups excluding tert-OH is 1. The fraction of sp³-hybridized carbons (Fsp3) is 0.231. The molecule has 4 heteroatoms. The van der Waals surface area contributed by atoms with Gasteiger partial charge in [0.15, 0.2) is 0 Å². The average Bonchev–Trinajstić information content (AvgIpc) is 2.70. The lowest BCUT2D eigenvalue weighted by molar-refractivity contribution is 0.182. The molecule has 1 atom stereocenters. The summed E-state index contributed by atoms with van der Waals surface area (Å²) in [6.07, 6.45) is -0.228. The van der Waals surface area contributed by atoms with E-state index in [-0.39, 0.29) is 5.82 Å². The molecule has 0 saturated carbocycles. The van der Waals surface area contributed by atoms with Crippen molar-refractivity contribution in [3.05, 3.63) is 56.5 Å². The van der Waals surface area contributed by atoms with Crippen LogP contribution in [0.3, 0.4) is 0 Å². The van der Waals surface area contributed by atoms with Crippen LogP contribution in [-0.4, -0.2) is 5.11 Å². The van der Waals surface area contributed by atoms with E-state index in [4.69, 9.17) is 11.6 Å². The Hall–Kier alpha value is -0.900. The molecule has 1 nitrogen and oxygen atoms in total. The lowest BCUT2D eigenvalue weighted by Gasteiger charge is -2.11. The van der Waals surface area contributed by atoms with Gasteiger partial charge in [-0.25, -0.2) is 4.39 Å². The van der Waals surface area contributed by atoms with Crippen molar-refractivity contribution in [3.63, 3.8) is 0 Å². The van der Waals surface area contributed by atoms with Gasteiger partial charge in [-0.3, -0.25) is 0 Å². The Morgan fingerprint density at radius 1 is 1.41 bits per heavy atom. The minimum atomic E-state index is -0.631. The molecule has 1 aromatic carbocycles. The minimum Gasteiger partial charge on any atom is -0.387 e. The van der Waals surface area contributed by atoms with Crippen molar-refractivity contribution in [2.45, 2.75) is 19.4 Å². The molecule has 0 aliphatic carbocycles. The number of thiophene rings is 1. The number of hydrogen-bond acceptors (Lipinski definition) is 2. The van der Waals surface area contributed by atoms with Crippen LogP contribution in [0.4, 0.5) is 4.39 Å². The summed E-state index contributed by atoms with van der Waals surface area (Å²) in [7, 11) is 0. The highest BCUT2D eigenvalue weighted by Crippen LogP contribution is 2.28. The van der Waals surface area contributed by atoms with Crippen molar-refractivity contribution in [1.29, 1.82) is 0 Å². The van der Waals surface area contributed by atoms with Gasteiger partial charge >= 0.3 is 0 Å². The number of benzene rings is 1. The van der Waals surface area contributed by atoms with Crippen molar-refractivity contribution < 1.29 is 9.50 Å². The normalized spacial score (nSPS) is 12.7. The smallest absolute Gasteiger partial charge is 0.123 e. The molecule has 0 aliphatic rings. The first kappa shape index (κ1) is 12.6. The van der Waals surface area contributed by atoms with Gasteiger partial charge in [0.05, 0.1) is 11.1 Å². The summed E-state index contributed by atoms with van der Waals surface area (Å²) in [5.74, 6) is -0.276. The summed E-state index contributed by atoms with van der Waals surface area (Å²) in [6, 6.07) is 6.35. The van der Waals surface area contributed by atoms with Crippen molar-refractivity contribution in [2.24, 2.45) is 0 Å². The van der Waals surface area contributed by atoms with Crippen LogP contribution in [0.2, 0.25) is 5.02 Å². The van der Waals surface area contributed by atoms with E-state index >= 15 is 0 Å². The topological polar surface area (TPSA) is 20.2 Å². The summed E-state index contributed by atoms with van der Waals surface area (Å²) in [6.45, 7) is 1.91. The second-order valence-corrected chi connectivity index (χ2v) is 5.34. The van der Waals surface area contributed by atoms with Crippen molar-refractivity contribution >= 4 is 22.9 Å². The van der Waals surface area contributed by atoms with E-state index in [1.54, 1.807) is 17.5 Å². The third-order valence-electron chi connectivity index (χ3n) is 2.64. The van der Waals surface area contributed by atoms with E-state index in [1.165, 1.54) is 23.5 Å². The summed E-state index contributed by atoms with van der Waals surface area (Å²) in [4.78, 5) is 0.804. The summed E-state index contributed by atoms with van der Waals surface area (Å²) in [5, 5.41) is 12.4. The summed E-state index contributed by atoms with van der Waals surface area (Å²) >= 11 is 7.21. The van der Waals surface area contributed by atoms with Crippen molar-refractivity contribution in [3.8, 4) is 0 Å². The molecular weight excluding hydrogens is 259 g/mol. The van der Waals surface area contributed by atoms with Gasteiger partial charge in [-0.1, -0.05) is 17.7 Å². The fourth-order valence-corrected chi connectivity index (χ4v) is 2.74. The van der Waals surface area contributed by atoms with Gasteiger partial charge in [0.2, 0.25) is 0 Å². The predicted octanol–water partition coefficient (Wildman–Crippen LogP) is 4.13. The maximum absolute atomic E-state index is 13.1. The molecule has 0 fully saturated rings. The van der Waals surface area contributed by atoms with Gasteiger partial charge in [-0.15, -0.1) is 11.3 Å². The van der Waals surface area contributed by atoms with E-state index in [9.17, 15) is 9.50 Å². The molecule has 0 aliphatic heterocycles. The number of aliphatic hydroxyl groups is 1. The lowest BCUT2D eigenvalue weighted by atomic mass is 10.0. The van der Waals surface area contributed by atoms with Crippen LogP contribution in [0, 0.1) is 12.7 Å². The van der Waals surface area contributed by atoms with E-state index in [0.29, 0.717) is 11.4 Å². The number of hydrogen-bond donors (Lipinski definition) is 1. The van der Waals surface area contributed by atoms with Gasteiger partial charge < -0.3 is 5.11 Å². The Morgan fingerprint density at radius 2 is 2.18 bits per heavy atom. The zero-order valence-corrected chi connectivity index (χ0v) is 10.9.